The molecule has 0 spiro atoms. The summed E-state index contributed by atoms with van der Waals surface area (Å²) in [5.41, 5.74) is 1.07. The molecular formula is C30H38N6O5. The Morgan fingerprint density at radius 2 is 1.85 bits per heavy atom. The number of benzene rings is 1. The van der Waals surface area contributed by atoms with Crippen LogP contribution in [0, 0.1) is 12.3 Å². The highest BCUT2D eigenvalue weighted by Gasteiger charge is 2.54. The van der Waals surface area contributed by atoms with E-state index in [-0.39, 0.29) is 18.4 Å². The van der Waals surface area contributed by atoms with E-state index in [4.69, 9.17) is 0 Å². The van der Waals surface area contributed by atoms with Crippen molar-refractivity contribution in [1.82, 2.24) is 25.5 Å². The quantitative estimate of drug-likeness (QED) is 0.406. The number of nitrogens with one attached hydrogen (secondary N) is 2. The maximum atomic E-state index is 14.0. The SMILES string of the molecule is Cc1cccc(CCC[C@@H](NC(=O)C(C)(C)NC(=O)O)C(=O)N2CCC3=NN(C)C(=O)[C@]3(Cc3ccccc3)C2)n1. The number of likely N-dealkylation sites (tertiary alicyclic amines) is 1. The molecule has 0 radical (unpaired) electrons. The lowest BCUT2D eigenvalue weighted by Gasteiger charge is -2.41. The van der Waals surface area contributed by atoms with E-state index in [2.05, 4.69) is 20.7 Å². The number of fused-ring (bicyclic) bond motifs is 1. The molecule has 218 valence electrons. The van der Waals surface area contributed by atoms with E-state index in [1.807, 2.05) is 55.5 Å². The van der Waals surface area contributed by atoms with Crippen molar-refractivity contribution < 1.29 is 24.3 Å². The third kappa shape index (κ3) is 6.72. The van der Waals surface area contributed by atoms with Crippen LogP contribution in [0.5, 0.6) is 0 Å². The second-order valence-corrected chi connectivity index (χ2v) is 11.4. The number of aromatic nitrogens is 1. The predicted octanol–water partition coefficient (Wildman–Crippen LogP) is 2.53. The minimum atomic E-state index is -1.46. The van der Waals surface area contributed by atoms with Gasteiger partial charge in [-0.15, -0.1) is 0 Å². The molecule has 1 aromatic carbocycles. The van der Waals surface area contributed by atoms with Crippen LogP contribution in [0.25, 0.3) is 0 Å². The summed E-state index contributed by atoms with van der Waals surface area (Å²) in [6.45, 7) is 5.30. The van der Waals surface area contributed by atoms with Gasteiger partial charge >= 0.3 is 6.09 Å². The van der Waals surface area contributed by atoms with Gasteiger partial charge in [-0.25, -0.2) is 9.80 Å². The minimum absolute atomic E-state index is 0.144. The van der Waals surface area contributed by atoms with Crippen LogP contribution in [0.2, 0.25) is 0 Å². The van der Waals surface area contributed by atoms with E-state index in [0.717, 1.165) is 22.7 Å². The average Bonchev–Trinajstić information content (AvgIpc) is 3.16. The topological polar surface area (TPSA) is 144 Å². The van der Waals surface area contributed by atoms with Crippen LogP contribution < -0.4 is 10.6 Å². The monoisotopic (exact) mass is 562 g/mol. The normalized spacial score (nSPS) is 19.3. The van der Waals surface area contributed by atoms with E-state index in [9.17, 15) is 24.3 Å². The number of carbonyl (C=O) groups excluding carboxylic acids is 3. The van der Waals surface area contributed by atoms with Crippen molar-refractivity contribution >= 4 is 29.5 Å². The molecule has 2 aliphatic rings. The molecule has 3 N–H and O–H groups in total. The highest BCUT2D eigenvalue weighted by Crippen LogP contribution is 2.38. The molecule has 0 bridgehead atoms. The number of aryl methyl sites for hydroxylation is 2. The Morgan fingerprint density at radius 1 is 1.12 bits per heavy atom. The van der Waals surface area contributed by atoms with Gasteiger partial charge < -0.3 is 20.6 Å². The predicted molar refractivity (Wildman–Crippen MR) is 153 cm³/mol. The van der Waals surface area contributed by atoms with Gasteiger partial charge in [0, 0.05) is 37.9 Å². The number of pyridine rings is 1. The summed E-state index contributed by atoms with van der Waals surface area (Å²) in [7, 11) is 1.63. The number of hydrogen-bond acceptors (Lipinski definition) is 6. The molecule has 11 nitrogen and oxygen atoms in total. The Bertz CT molecular complexity index is 1340. The number of rotatable bonds is 10. The van der Waals surface area contributed by atoms with Crippen molar-refractivity contribution in [3.63, 3.8) is 0 Å². The van der Waals surface area contributed by atoms with E-state index in [1.54, 1.807) is 11.9 Å². The van der Waals surface area contributed by atoms with Crippen molar-refractivity contribution in [3.8, 4) is 0 Å². The molecule has 4 rings (SSSR count). The number of amides is 4. The Kier molecular flexibility index (Phi) is 8.74. The van der Waals surface area contributed by atoms with Crippen LogP contribution in [0.3, 0.4) is 0 Å². The first-order chi connectivity index (χ1) is 19.4. The molecule has 4 amide bonds. The highest BCUT2D eigenvalue weighted by molar-refractivity contribution is 6.13. The Balaban J connectivity index is 1.56. The van der Waals surface area contributed by atoms with Gasteiger partial charge in [-0.2, -0.15) is 5.10 Å². The molecule has 1 fully saturated rings. The van der Waals surface area contributed by atoms with E-state index < -0.39 is 29.0 Å². The summed E-state index contributed by atoms with van der Waals surface area (Å²) in [6, 6.07) is 14.5. The first-order valence-electron chi connectivity index (χ1n) is 13.8. The van der Waals surface area contributed by atoms with Gasteiger partial charge in [-0.3, -0.25) is 19.4 Å². The molecule has 3 heterocycles. The third-order valence-corrected chi connectivity index (χ3v) is 7.73. The van der Waals surface area contributed by atoms with Crippen LogP contribution in [-0.2, 0) is 27.2 Å². The maximum Gasteiger partial charge on any atom is 0.405 e. The van der Waals surface area contributed by atoms with Crippen LogP contribution >= 0.6 is 0 Å². The molecule has 2 aromatic rings. The zero-order chi connectivity index (χ0) is 29.8. The van der Waals surface area contributed by atoms with Gasteiger partial charge in [-0.05, 0) is 64.2 Å². The second-order valence-electron chi connectivity index (χ2n) is 11.4. The molecule has 1 saturated heterocycles. The average molecular weight is 563 g/mol. The van der Waals surface area contributed by atoms with Gasteiger partial charge in [0.15, 0.2) is 0 Å². The van der Waals surface area contributed by atoms with Crippen molar-refractivity contribution in [1.29, 1.82) is 0 Å². The largest absolute Gasteiger partial charge is 0.465 e. The van der Waals surface area contributed by atoms with E-state index in [1.165, 1.54) is 18.9 Å². The Labute approximate surface area is 240 Å². The standard InChI is InChI=1S/C30H38N6O5/c1-20-10-8-13-22(31-20)14-9-15-23(32-26(38)29(2,3)33-28(40)41)25(37)36-17-16-24-30(19-36,27(39)35(4)34-24)18-21-11-6-5-7-12-21/h5-8,10-13,23,33H,9,14-19H2,1-4H3,(H,32,38)(H,40,41)/t23-,30-/m1/s1. The fraction of sp³-hybridized carbons (Fsp3) is 0.467. The fourth-order valence-corrected chi connectivity index (χ4v) is 5.58. The molecule has 41 heavy (non-hydrogen) atoms. The number of nitrogens with zero attached hydrogens (tertiary/aromatic N) is 4. The van der Waals surface area contributed by atoms with Gasteiger partial charge in [0.1, 0.15) is 17.0 Å². The van der Waals surface area contributed by atoms with Gasteiger partial charge in [0.2, 0.25) is 11.8 Å². The van der Waals surface area contributed by atoms with E-state index >= 15 is 0 Å². The van der Waals surface area contributed by atoms with Gasteiger partial charge in [-0.1, -0.05) is 36.4 Å². The highest BCUT2D eigenvalue weighted by atomic mass is 16.4. The van der Waals surface area contributed by atoms with Gasteiger partial charge in [0.25, 0.3) is 5.91 Å². The fourth-order valence-electron chi connectivity index (χ4n) is 5.58. The minimum Gasteiger partial charge on any atom is -0.465 e. The molecular weight excluding hydrogens is 524 g/mol. The van der Waals surface area contributed by atoms with Crippen LogP contribution in [0.15, 0.2) is 53.6 Å². The van der Waals surface area contributed by atoms with E-state index in [0.29, 0.717) is 38.6 Å². The Hall–Kier alpha value is -4.28. The summed E-state index contributed by atoms with van der Waals surface area (Å²) < 4.78 is 0. The summed E-state index contributed by atoms with van der Waals surface area (Å²) in [5, 5.41) is 20.1. The lowest BCUT2D eigenvalue weighted by molar-refractivity contribution is -0.142. The molecule has 2 aliphatic heterocycles. The molecule has 0 saturated carbocycles. The number of hydrazone groups is 1. The first-order valence-corrected chi connectivity index (χ1v) is 13.8. The Morgan fingerprint density at radius 3 is 2.54 bits per heavy atom. The summed E-state index contributed by atoms with van der Waals surface area (Å²) in [5.74, 6) is -1.08. The van der Waals surface area contributed by atoms with Crippen molar-refractivity contribution in [2.45, 2.75) is 64.5 Å². The summed E-state index contributed by atoms with van der Waals surface area (Å²) in [4.78, 5) is 58.1. The van der Waals surface area contributed by atoms with Gasteiger partial charge in [0.05, 0.1) is 5.71 Å². The zero-order valence-corrected chi connectivity index (χ0v) is 24.0. The number of carboxylic acid groups (broad SMARTS) is 1. The lowest BCUT2D eigenvalue weighted by Crippen LogP contribution is -2.61. The maximum absolute atomic E-state index is 14.0. The van der Waals surface area contributed by atoms with Crippen molar-refractivity contribution in [2.24, 2.45) is 10.5 Å². The molecule has 0 aliphatic carbocycles. The lowest BCUT2D eigenvalue weighted by atomic mass is 9.73. The third-order valence-electron chi connectivity index (χ3n) is 7.73. The molecule has 0 unspecified atom stereocenters. The van der Waals surface area contributed by atoms with Crippen LogP contribution in [0.1, 0.15) is 50.1 Å². The summed E-state index contributed by atoms with van der Waals surface area (Å²) in [6.07, 6.45) is 1.00. The smallest absolute Gasteiger partial charge is 0.405 e. The zero-order valence-electron chi connectivity index (χ0n) is 24.0. The molecule has 2 atom stereocenters. The first kappa shape index (κ1) is 29.7. The van der Waals surface area contributed by atoms with Crippen LogP contribution in [-0.4, -0.2) is 81.2 Å². The van der Waals surface area contributed by atoms with Crippen molar-refractivity contribution in [3.05, 3.63) is 65.5 Å². The number of carbonyl (C=O) groups is 4. The van der Waals surface area contributed by atoms with Crippen molar-refractivity contribution in [2.75, 3.05) is 20.1 Å². The number of hydrogen-bond donors (Lipinski definition) is 3. The second kappa shape index (κ2) is 12.1. The summed E-state index contributed by atoms with van der Waals surface area (Å²) >= 11 is 0. The number of piperidine rings is 1. The van der Waals surface area contributed by atoms with Crippen LogP contribution in [0.4, 0.5) is 4.79 Å². The molecule has 11 heteroatoms. The molecule has 1 aromatic heterocycles.